The summed E-state index contributed by atoms with van der Waals surface area (Å²) in [5.74, 6) is -0.173. The van der Waals surface area contributed by atoms with Crippen molar-refractivity contribution in [1.82, 2.24) is 24.5 Å². The molecule has 0 spiro atoms. The third kappa shape index (κ3) is 3.45. The maximum Gasteiger partial charge on any atom is 0.321 e. The van der Waals surface area contributed by atoms with E-state index in [1.54, 1.807) is 24.1 Å². The standard InChI is InChI=1S/C18H19FN6O2/c1-11(26)15-9-20-17-22-16(10-25(17)23-15)13-8-12(4-5-14(13)19)21-18(27)24-6-2-3-7-24/h4-5,8-11,26H,2-3,6-7H2,1H3,(H,21,27). The number of fused-ring (bicyclic) bond motifs is 1. The molecule has 4 rings (SSSR count). The van der Waals surface area contributed by atoms with Gasteiger partial charge in [-0.2, -0.15) is 5.10 Å². The number of urea groups is 1. The molecule has 2 aromatic heterocycles. The Morgan fingerprint density at radius 2 is 2.11 bits per heavy atom. The first kappa shape index (κ1) is 17.3. The van der Waals surface area contributed by atoms with Crippen LogP contribution in [0.25, 0.3) is 17.0 Å². The fourth-order valence-corrected chi connectivity index (χ4v) is 3.04. The third-order valence-corrected chi connectivity index (χ3v) is 4.52. The number of aliphatic hydroxyl groups excluding tert-OH is 1. The number of halogens is 1. The zero-order chi connectivity index (χ0) is 19.0. The van der Waals surface area contributed by atoms with Crippen LogP contribution < -0.4 is 5.32 Å². The van der Waals surface area contributed by atoms with Gasteiger partial charge in [0.1, 0.15) is 11.5 Å². The van der Waals surface area contributed by atoms with Gasteiger partial charge in [-0.05, 0) is 38.0 Å². The van der Waals surface area contributed by atoms with Gasteiger partial charge in [0, 0.05) is 24.3 Å². The molecule has 1 atom stereocenters. The molecular formula is C18H19FN6O2. The number of carbonyl (C=O) groups is 1. The van der Waals surface area contributed by atoms with Crippen LogP contribution in [0.2, 0.25) is 0 Å². The lowest BCUT2D eigenvalue weighted by molar-refractivity contribution is 0.192. The number of imidazole rings is 1. The maximum absolute atomic E-state index is 14.4. The quantitative estimate of drug-likeness (QED) is 0.739. The summed E-state index contributed by atoms with van der Waals surface area (Å²) in [5, 5.41) is 16.6. The van der Waals surface area contributed by atoms with Gasteiger partial charge in [0.05, 0.1) is 24.2 Å². The van der Waals surface area contributed by atoms with E-state index in [2.05, 4.69) is 20.4 Å². The minimum atomic E-state index is -0.770. The number of hydrogen-bond donors (Lipinski definition) is 2. The van der Waals surface area contributed by atoms with Gasteiger partial charge < -0.3 is 15.3 Å². The fourth-order valence-electron chi connectivity index (χ4n) is 3.04. The van der Waals surface area contributed by atoms with Crippen molar-refractivity contribution in [3.63, 3.8) is 0 Å². The van der Waals surface area contributed by atoms with E-state index in [4.69, 9.17) is 0 Å². The van der Waals surface area contributed by atoms with Crippen LogP contribution in [0.15, 0.2) is 30.6 Å². The van der Waals surface area contributed by atoms with Crippen LogP contribution in [-0.2, 0) is 0 Å². The molecule has 1 fully saturated rings. The molecule has 0 bridgehead atoms. The molecule has 3 aromatic rings. The molecule has 1 saturated heterocycles. The maximum atomic E-state index is 14.4. The lowest BCUT2D eigenvalue weighted by atomic mass is 10.1. The van der Waals surface area contributed by atoms with Gasteiger partial charge in [-0.15, -0.1) is 0 Å². The monoisotopic (exact) mass is 370 g/mol. The lowest BCUT2D eigenvalue weighted by Crippen LogP contribution is -2.32. The van der Waals surface area contributed by atoms with Gasteiger partial charge in [0.2, 0.25) is 0 Å². The third-order valence-electron chi connectivity index (χ3n) is 4.52. The highest BCUT2D eigenvalue weighted by Gasteiger charge is 2.19. The van der Waals surface area contributed by atoms with Crippen molar-refractivity contribution in [1.29, 1.82) is 0 Å². The Balaban J connectivity index is 1.64. The van der Waals surface area contributed by atoms with E-state index in [0.29, 0.717) is 22.9 Å². The van der Waals surface area contributed by atoms with Crippen molar-refractivity contribution in [2.24, 2.45) is 0 Å². The Bertz CT molecular complexity index is 997. The Morgan fingerprint density at radius 3 is 2.85 bits per heavy atom. The van der Waals surface area contributed by atoms with E-state index in [-0.39, 0.29) is 11.6 Å². The number of nitrogens with zero attached hydrogens (tertiary/aromatic N) is 5. The van der Waals surface area contributed by atoms with Crippen molar-refractivity contribution >= 4 is 17.5 Å². The number of benzene rings is 1. The Labute approximate surface area is 154 Å². The number of aromatic nitrogens is 4. The normalized spacial score (nSPS) is 15.3. The summed E-state index contributed by atoms with van der Waals surface area (Å²) in [6.45, 7) is 3.05. The Morgan fingerprint density at radius 1 is 1.33 bits per heavy atom. The number of aliphatic hydroxyl groups is 1. The number of hydrogen-bond acceptors (Lipinski definition) is 5. The van der Waals surface area contributed by atoms with E-state index >= 15 is 0 Å². The topological polar surface area (TPSA) is 95.7 Å². The summed E-state index contributed by atoms with van der Waals surface area (Å²) in [6, 6.07) is 4.16. The van der Waals surface area contributed by atoms with Gasteiger partial charge in [0.15, 0.2) is 0 Å². The molecule has 8 nitrogen and oxygen atoms in total. The first-order valence-electron chi connectivity index (χ1n) is 8.77. The van der Waals surface area contributed by atoms with Gasteiger partial charge >= 0.3 is 6.03 Å². The Kier molecular flexibility index (Phi) is 4.44. The molecule has 3 heterocycles. The second-order valence-electron chi connectivity index (χ2n) is 6.55. The number of likely N-dealkylation sites (tertiary alicyclic amines) is 1. The zero-order valence-corrected chi connectivity index (χ0v) is 14.8. The van der Waals surface area contributed by atoms with Crippen LogP contribution >= 0.6 is 0 Å². The minimum absolute atomic E-state index is 0.190. The summed E-state index contributed by atoms with van der Waals surface area (Å²) in [4.78, 5) is 22.4. The summed E-state index contributed by atoms with van der Waals surface area (Å²) < 4.78 is 15.8. The van der Waals surface area contributed by atoms with Crippen LogP contribution in [0.4, 0.5) is 14.9 Å². The number of rotatable bonds is 3. The highest BCUT2D eigenvalue weighted by Crippen LogP contribution is 2.26. The number of anilines is 1. The number of amides is 2. The van der Waals surface area contributed by atoms with Gasteiger partial charge in [-0.25, -0.2) is 23.7 Å². The average Bonchev–Trinajstić information content (AvgIpc) is 3.32. The molecule has 0 radical (unpaired) electrons. The first-order chi connectivity index (χ1) is 13.0. The van der Waals surface area contributed by atoms with Crippen LogP contribution in [-0.4, -0.2) is 48.7 Å². The molecule has 1 unspecified atom stereocenters. The summed E-state index contributed by atoms with van der Waals surface area (Å²) in [7, 11) is 0. The molecule has 1 aliphatic heterocycles. The summed E-state index contributed by atoms with van der Waals surface area (Å²) >= 11 is 0. The molecule has 1 aliphatic rings. The second kappa shape index (κ2) is 6.92. The molecule has 9 heteroatoms. The largest absolute Gasteiger partial charge is 0.387 e. The van der Waals surface area contributed by atoms with Crippen molar-refractivity contribution < 1.29 is 14.3 Å². The molecular weight excluding hydrogens is 351 g/mol. The number of nitrogens with one attached hydrogen (secondary N) is 1. The molecule has 2 amide bonds. The molecule has 2 N–H and O–H groups in total. The van der Waals surface area contributed by atoms with E-state index in [1.807, 2.05) is 0 Å². The predicted octanol–water partition coefficient (Wildman–Crippen LogP) is 2.61. The van der Waals surface area contributed by atoms with Crippen LogP contribution in [0.3, 0.4) is 0 Å². The summed E-state index contributed by atoms with van der Waals surface area (Å²) in [6.07, 6.45) is 4.20. The van der Waals surface area contributed by atoms with Crippen molar-refractivity contribution in [3.8, 4) is 11.3 Å². The lowest BCUT2D eigenvalue weighted by Gasteiger charge is -2.16. The van der Waals surface area contributed by atoms with Crippen molar-refractivity contribution in [2.75, 3.05) is 18.4 Å². The van der Waals surface area contributed by atoms with E-state index < -0.39 is 11.9 Å². The molecule has 140 valence electrons. The zero-order valence-electron chi connectivity index (χ0n) is 14.8. The van der Waals surface area contributed by atoms with Crippen molar-refractivity contribution in [2.45, 2.75) is 25.9 Å². The summed E-state index contributed by atoms with van der Waals surface area (Å²) in [5.41, 5.74) is 1.46. The van der Waals surface area contributed by atoms with Crippen LogP contribution in [0.1, 0.15) is 31.6 Å². The number of carbonyl (C=O) groups excluding carboxylic acids is 1. The van der Waals surface area contributed by atoms with E-state index in [1.165, 1.54) is 22.8 Å². The average molecular weight is 370 g/mol. The highest BCUT2D eigenvalue weighted by atomic mass is 19.1. The van der Waals surface area contributed by atoms with Crippen molar-refractivity contribution in [3.05, 3.63) is 42.1 Å². The van der Waals surface area contributed by atoms with E-state index in [9.17, 15) is 14.3 Å². The molecule has 0 saturated carbocycles. The second-order valence-corrected chi connectivity index (χ2v) is 6.55. The Hall–Kier alpha value is -3.07. The molecule has 1 aromatic carbocycles. The SMILES string of the molecule is CC(O)c1cnc2nc(-c3cc(NC(=O)N4CCCC4)ccc3F)cn2n1. The van der Waals surface area contributed by atoms with Crippen LogP contribution in [0, 0.1) is 5.82 Å². The van der Waals surface area contributed by atoms with E-state index in [0.717, 1.165) is 25.9 Å². The smallest absolute Gasteiger partial charge is 0.321 e. The predicted molar refractivity (Wildman–Crippen MR) is 96.6 cm³/mol. The van der Waals surface area contributed by atoms with Gasteiger partial charge in [-0.3, -0.25) is 0 Å². The minimum Gasteiger partial charge on any atom is -0.387 e. The fraction of sp³-hybridized carbons (Fsp3) is 0.333. The highest BCUT2D eigenvalue weighted by molar-refractivity contribution is 5.90. The van der Waals surface area contributed by atoms with Crippen LogP contribution in [0.5, 0.6) is 0 Å². The van der Waals surface area contributed by atoms with Gasteiger partial charge in [0.25, 0.3) is 5.78 Å². The van der Waals surface area contributed by atoms with Gasteiger partial charge in [-0.1, -0.05) is 0 Å². The molecule has 27 heavy (non-hydrogen) atoms. The molecule has 0 aliphatic carbocycles. The first-order valence-corrected chi connectivity index (χ1v) is 8.77.